The fourth-order valence-electron chi connectivity index (χ4n) is 2.07. The Labute approximate surface area is 122 Å². The Hall–Kier alpha value is -1.33. The van der Waals surface area contributed by atoms with Gasteiger partial charge < -0.3 is 9.67 Å². The van der Waals surface area contributed by atoms with E-state index in [0.29, 0.717) is 21.5 Å². The predicted octanol–water partition coefficient (Wildman–Crippen LogP) is 4.35. The van der Waals surface area contributed by atoms with Gasteiger partial charge in [-0.05, 0) is 48.0 Å². The SMILES string of the molecule is Cc1cc(C(=O)O)c(C)n1-c1c(Cl)cc(F)cc1Br. The second kappa shape index (κ2) is 4.98. The number of hydrogen-bond acceptors (Lipinski definition) is 1. The first kappa shape index (κ1) is 14.1. The van der Waals surface area contributed by atoms with Crippen molar-refractivity contribution >= 4 is 33.5 Å². The van der Waals surface area contributed by atoms with E-state index in [2.05, 4.69) is 15.9 Å². The van der Waals surface area contributed by atoms with Gasteiger partial charge >= 0.3 is 5.97 Å². The number of carbonyl (C=O) groups is 1. The maximum atomic E-state index is 13.2. The van der Waals surface area contributed by atoms with Crippen molar-refractivity contribution < 1.29 is 14.3 Å². The molecule has 2 aromatic rings. The van der Waals surface area contributed by atoms with Gasteiger partial charge in [-0.2, -0.15) is 0 Å². The van der Waals surface area contributed by atoms with Crippen molar-refractivity contribution in [1.29, 1.82) is 0 Å². The van der Waals surface area contributed by atoms with Crippen LogP contribution in [0, 0.1) is 19.7 Å². The minimum absolute atomic E-state index is 0.199. The van der Waals surface area contributed by atoms with Crippen molar-refractivity contribution in [2.75, 3.05) is 0 Å². The van der Waals surface area contributed by atoms with Gasteiger partial charge in [0.1, 0.15) is 5.82 Å². The van der Waals surface area contributed by atoms with Crippen LogP contribution in [0.15, 0.2) is 22.7 Å². The first-order chi connectivity index (χ1) is 8.82. The summed E-state index contributed by atoms with van der Waals surface area (Å²) in [6.07, 6.45) is 0. The summed E-state index contributed by atoms with van der Waals surface area (Å²) in [5, 5.41) is 9.33. The molecule has 0 saturated heterocycles. The Morgan fingerprint density at radius 2 is 2.00 bits per heavy atom. The van der Waals surface area contributed by atoms with Gasteiger partial charge in [0.05, 0.1) is 16.3 Å². The van der Waals surface area contributed by atoms with E-state index in [9.17, 15) is 9.18 Å². The summed E-state index contributed by atoms with van der Waals surface area (Å²) in [5.41, 5.74) is 1.98. The summed E-state index contributed by atoms with van der Waals surface area (Å²) in [7, 11) is 0. The molecule has 3 nitrogen and oxygen atoms in total. The molecule has 0 aliphatic rings. The molecule has 0 fully saturated rings. The second-order valence-electron chi connectivity index (χ2n) is 4.14. The maximum Gasteiger partial charge on any atom is 0.337 e. The third-order valence-corrected chi connectivity index (χ3v) is 3.76. The molecule has 0 aliphatic carbocycles. The van der Waals surface area contributed by atoms with Crippen molar-refractivity contribution in [1.82, 2.24) is 4.57 Å². The van der Waals surface area contributed by atoms with Crippen molar-refractivity contribution in [3.8, 4) is 5.69 Å². The molecule has 0 atom stereocenters. The molecule has 0 bridgehead atoms. The number of aryl methyl sites for hydroxylation is 1. The van der Waals surface area contributed by atoms with E-state index in [0.717, 1.165) is 0 Å². The van der Waals surface area contributed by atoms with Crippen LogP contribution in [0.2, 0.25) is 5.02 Å². The summed E-state index contributed by atoms with van der Waals surface area (Å²) in [5.74, 6) is -1.46. The number of benzene rings is 1. The molecule has 0 saturated carbocycles. The van der Waals surface area contributed by atoms with Crippen molar-refractivity contribution in [2.45, 2.75) is 13.8 Å². The minimum atomic E-state index is -1.01. The Balaban J connectivity index is 2.77. The lowest BCUT2D eigenvalue weighted by molar-refractivity contribution is 0.0696. The van der Waals surface area contributed by atoms with Gasteiger partial charge in [-0.25, -0.2) is 9.18 Å². The normalized spacial score (nSPS) is 10.8. The number of aromatic carboxylic acids is 1. The molecular formula is C13H10BrClFNO2. The van der Waals surface area contributed by atoms with E-state index < -0.39 is 11.8 Å². The predicted molar refractivity (Wildman–Crippen MR) is 74.9 cm³/mol. The van der Waals surface area contributed by atoms with E-state index in [4.69, 9.17) is 16.7 Å². The van der Waals surface area contributed by atoms with Crippen LogP contribution in [0.5, 0.6) is 0 Å². The van der Waals surface area contributed by atoms with Crippen LogP contribution in [-0.4, -0.2) is 15.6 Å². The molecule has 19 heavy (non-hydrogen) atoms. The first-order valence-electron chi connectivity index (χ1n) is 5.40. The lowest BCUT2D eigenvalue weighted by atomic mass is 10.2. The summed E-state index contributed by atoms with van der Waals surface area (Å²) < 4.78 is 15.4. The molecule has 0 spiro atoms. The highest BCUT2D eigenvalue weighted by molar-refractivity contribution is 9.10. The zero-order chi connectivity index (χ0) is 14.3. The highest BCUT2D eigenvalue weighted by Gasteiger charge is 2.19. The van der Waals surface area contributed by atoms with Gasteiger partial charge in [-0.15, -0.1) is 0 Å². The highest BCUT2D eigenvalue weighted by Crippen LogP contribution is 2.33. The number of halogens is 3. The maximum absolute atomic E-state index is 13.2. The van der Waals surface area contributed by atoms with Crippen LogP contribution >= 0.6 is 27.5 Å². The average Bonchev–Trinajstić information content (AvgIpc) is 2.55. The van der Waals surface area contributed by atoms with Gasteiger partial charge in [0.25, 0.3) is 0 Å². The van der Waals surface area contributed by atoms with Crippen LogP contribution in [0.4, 0.5) is 4.39 Å². The smallest absolute Gasteiger partial charge is 0.337 e. The lowest BCUT2D eigenvalue weighted by Gasteiger charge is -2.13. The van der Waals surface area contributed by atoms with E-state index in [1.54, 1.807) is 24.5 Å². The Morgan fingerprint density at radius 3 is 2.47 bits per heavy atom. The molecular weight excluding hydrogens is 337 g/mol. The van der Waals surface area contributed by atoms with Crippen LogP contribution in [0.25, 0.3) is 5.69 Å². The molecule has 0 amide bonds. The Bertz CT molecular complexity index is 659. The number of carboxylic acids is 1. The molecule has 0 unspecified atom stereocenters. The van der Waals surface area contributed by atoms with Gasteiger partial charge in [0, 0.05) is 15.9 Å². The summed E-state index contributed by atoms with van der Waals surface area (Å²) in [6.45, 7) is 3.45. The molecule has 0 aliphatic heterocycles. The van der Waals surface area contributed by atoms with Crippen molar-refractivity contribution in [2.24, 2.45) is 0 Å². The first-order valence-corrected chi connectivity index (χ1v) is 6.57. The van der Waals surface area contributed by atoms with Crippen LogP contribution in [0.3, 0.4) is 0 Å². The largest absolute Gasteiger partial charge is 0.478 e. The molecule has 1 heterocycles. The van der Waals surface area contributed by atoms with E-state index in [-0.39, 0.29) is 10.6 Å². The molecule has 1 aromatic heterocycles. The number of rotatable bonds is 2. The van der Waals surface area contributed by atoms with E-state index in [1.807, 2.05) is 0 Å². The van der Waals surface area contributed by atoms with Gasteiger partial charge in [-0.1, -0.05) is 11.6 Å². The summed E-state index contributed by atoms with van der Waals surface area (Å²) in [4.78, 5) is 11.1. The topological polar surface area (TPSA) is 42.2 Å². The van der Waals surface area contributed by atoms with Crippen LogP contribution in [-0.2, 0) is 0 Å². The fraction of sp³-hybridized carbons (Fsp3) is 0.154. The number of aromatic nitrogens is 1. The van der Waals surface area contributed by atoms with E-state index >= 15 is 0 Å². The summed E-state index contributed by atoms with van der Waals surface area (Å²) in [6, 6.07) is 4.05. The van der Waals surface area contributed by atoms with Crippen LogP contribution < -0.4 is 0 Å². The third-order valence-electron chi connectivity index (χ3n) is 2.87. The third kappa shape index (κ3) is 2.40. The number of nitrogens with zero attached hydrogens (tertiary/aromatic N) is 1. The number of carboxylic acid groups (broad SMARTS) is 1. The average molecular weight is 347 g/mol. The zero-order valence-electron chi connectivity index (χ0n) is 10.2. The summed E-state index contributed by atoms with van der Waals surface area (Å²) >= 11 is 9.32. The molecule has 100 valence electrons. The molecule has 0 radical (unpaired) electrons. The van der Waals surface area contributed by atoms with E-state index in [1.165, 1.54) is 12.1 Å². The second-order valence-corrected chi connectivity index (χ2v) is 5.40. The molecule has 2 rings (SSSR count). The standard InChI is InChI=1S/C13H10BrClFNO2/c1-6-3-9(13(18)19)7(2)17(6)12-10(14)4-8(16)5-11(12)15/h3-5H,1-2H3,(H,18,19). The zero-order valence-corrected chi connectivity index (χ0v) is 12.5. The fourth-order valence-corrected chi connectivity index (χ4v) is 3.09. The monoisotopic (exact) mass is 345 g/mol. The Kier molecular flexibility index (Phi) is 3.69. The lowest BCUT2D eigenvalue weighted by Crippen LogP contribution is -2.04. The van der Waals surface area contributed by atoms with Crippen molar-refractivity contribution in [3.05, 3.63) is 50.5 Å². The molecule has 6 heteroatoms. The number of hydrogen-bond donors (Lipinski definition) is 1. The van der Waals surface area contributed by atoms with Gasteiger partial charge in [0.15, 0.2) is 0 Å². The Morgan fingerprint density at radius 1 is 1.37 bits per heavy atom. The van der Waals surface area contributed by atoms with Crippen LogP contribution in [0.1, 0.15) is 21.7 Å². The van der Waals surface area contributed by atoms with Gasteiger partial charge in [-0.3, -0.25) is 0 Å². The van der Waals surface area contributed by atoms with Gasteiger partial charge in [0.2, 0.25) is 0 Å². The highest BCUT2D eigenvalue weighted by atomic mass is 79.9. The molecule has 1 aromatic carbocycles. The quantitative estimate of drug-likeness (QED) is 0.878. The van der Waals surface area contributed by atoms with Crippen molar-refractivity contribution in [3.63, 3.8) is 0 Å². The molecule has 1 N–H and O–H groups in total. The minimum Gasteiger partial charge on any atom is -0.478 e.